The molecule has 3 aromatic heterocycles. The fourth-order valence-corrected chi connectivity index (χ4v) is 3.94. The Morgan fingerprint density at radius 3 is 2.58 bits per heavy atom. The molecule has 0 aliphatic rings. The van der Waals surface area contributed by atoms with Gasteiger partial charge in [-0.05, 0) is 31.2 Å². The van der Waals surface area contributed by atoms with Crippen LogP contribution in [0.3, 0.4) is 0 Å². The first-order valence-corrected chi connectivity index (χ1v) is 10.0. The van der Waals surface area contributed by atoms with Crippen molar-refractivity contribution in [1.82, 2.24) is 14.7 Å². The van der Waals surface area contributed by atoms with Crippen LogP contribution < -0.4 is 10.6 Å². The Labute approximate surface area is 177 Å². The first-order chi connectivity index (χ1) is 15.1. The first-order valence-electron chi connectivity index (χ1n) is 10.0. The molecule has 7 heteroatoms. The lowest BCUT2D eigenvalue weighted by Gasteiger charge is -2.09. The van der Waals surface area contributed by atoms with Crippen molar-refractivity contribution < 1.29 is 14.0 Å². The highest BCUT2D eigenvalue weighted by atomic mass is 16.3. The van der Waals surface area contributed by atoms with Gasteiger partial charge >= 0.3 is 0 Å². The van der Waals surface area contributed by atoms with Crippen molar-refractivity contribution in [2.24, 2.45) is 0 Å². The molecule has 154 valence electrons. The number of anilines is 1. The maximum Gasteiger partial charge on any atom is 0.286 e. The van der Waals surface area contributed by atoms with Crippen molar-refractivity contribution in [3.05, 3.63) is 78.5 Å². The van der Waals surface area contributed by atoms with Crippen LogP contribution >= 0.6 is 0 Å². The molecule has 0 spiro atoms. The Morgan fingerprint density at radius 2 is 1.77 bits per heavy atom. The Morgan fingerprint density at radius 1 is 1.00 bits per heavy atom. The largest absolute Gasteiger partial charge is 0.459 e. The van der Waals surface area contributed by atoms with Crippen LogP contribution in [0.1, 0.15) is 22.8 Å². The minimum absolute atomic E-state index is 0.139. The van der Waals surface area contributed by atoms with Gasteiger partial charge in [0.05, 0.1) is 28.5 Å². The number of hydrogen-bond donors (Lipinski definition) is 2. The van der Waals surface area contributed by atoms with Crippen LogP contribution in [0.5, 0.6) is 0 Å². The molecule has 0 atom stereocenters. The Balaban J connectivity index is 1.48. The Bertz CT molecular complexity index is 1430. The van der Waals surface area contributed by atoms with Gasteiger partial charge in [-0.1, -0.05) is 36.4 Å². The summed E-state index contributed by atoms with van der Waals surface area (Å²) in [4.78, 5) is 29.5. The van der Waals surface area contributed by atoms with Crippen LogP contribution in [0, 0.1) is 6.92 Å². The standard InChI is InChI=1S/C24H20N4O3/c1-15-26-18-9-4-2-7-16(18)23-22(17-8-3-5-10-19(17)28(15)23)27-21(29)12-13-25-24(30)20-11-6-14-31-20/h2-11,14H,12-13H2,1H3,(H,25,30)(H,27,29). The molecule has 0 bridgehead atoms. The van der Waals surface area contributed by atoms with Crippen molar-refractivity contribution in [1.29, 1.82) is 0 Å². The molecule has 2 amide bonds. The summed E-state index contributed by atoms with van der Waals surface area (Å²) in [5.74, 6) is 0.539. The van der Waals surface area contributed by atoms with Gasteiger partial charge < -0.3 is 15.1 Å². The Hall–Kier alpha value is -4.13. The van der Waals surface area contributed by atoms with E-state index in [1.807, 2.05) is 55.5 Å². The van der Waals surface area contributed by atoms with E-state index >= 15 is 0 Å². The number of furan rings is 1. The van der Waals surface area contributed by atoms with Gasteiger partial charge in [0.15, 0.2) is 5.76 Å². The Kier molecular flexibility index (Phi) is 4.63. The fraction of sp³-hybridized carbons (Fsp3) is 0.125. The van der Waals surface area contributed by atoms with E-state index in [4.69, 9.17) is 9.40 Å². The van der Waals surface area contributed by atoms with Crippen LogP contribution in [0.4, 0.5) is 5.69 Å². The van der Waals surface area contributed by atoms with E-state index in [9.17, 15) is 9.59 Å². The number of amides is 2. The number of carbonyl (C=O) groups is 2. The average molecular weight is 412 g/mol. The number of rotatable bonds is 5. The van der Waals surface area contributed by atoms with Gasteiger partial charge in [-0.3, -0.25) is 14.0 Å². The molecule has 5 rings (SSSR count). The summed E-state index contributed by atoms with van der Waals surface area (Å²) in [6.45, 7) is 2.16. The van der Waals surface area contributed by atoms with E-state index in [1.165, 1.54) is 6.26 Å². The zero-order chi connectivity index (χ0) is 21.4. The molecular weight excluding hydrogens is 392 g/mol. The number of carbonyl (C=O) groups excluding carboxylic acids is 2. The zero-order valence-electron chi connectivity index (χ0n) is 16.9. The summed E-state index contributed by atoms with van der Waals surface area (Å²) >= 11 is 0. The quantitative estimate of drug-likeness (QED) is 0.450. The maximum atomic E-state index is 12.8. The lowest BCUT2D eigenvalue weighted by atomic mass is 10.1. The number of para-hydroxylation sites is 2. The number of fused-ring (bicyclic) bond motifs is 5. The second-order valence-corrected chi connectivity index (χ2v) is 7.28. The van der Waals surface area contributed by atoms with Crippen LogP contribution in [-0.4, -0.2) is 27.7 Å². The first kappa shape index (κ1) is 18.9. The molecule has 5 aromatic rings. The number of nitrogens with one attached hydrogen (secondary N) is 2. The minimum Gasteiger partial charge on any atom is -0.459 e. The van der Waals surface area contributed by atoms with Crippen molar-refractivity contribution in [3.8, 4) is 0 Å². The van der Waals surface area contributed by atoms with E-state index in [-0.39, 0.29) is 30.5 Å². The number of hydrogen-bond acceptors (Lipinski definition) is 4. The van der Waals surface area contributed by atoms with E-state index in [2.05, 4.69) is 15.0 Å². The highest BCUT2D eigenvalue weighted by molar-refractivity contribution is 6.16. The number of aryl methyl sites for hydroxylation is 1. The van der Waals surface area contributed by atoms with Gasteiger partial charge in [-0.25, -0.2) is 4.98 Å². The molecule has 2 N–H and O–H groups in total. The summed E-state index contributed by atoms with van der Waals surface area (Å²) in [5.41, 5.74) is 3.52. The van der Waals surface area contributed by atoms with Crippen molar-refractivity contribution in [2.75, 3.05) is 11.9 Å². The molecule has 2 aromatic carbocycles. The normalized spacial score (nSPS) is 11.3. The van der Waals surface area contributed by atoms with Gasteiger partial charge in [-0.15, -0.1) is 0 Å². The van der Waals surface area contributed by atoms with E-state index in [0.717, 1.165) is 38.8 Å². The minimum atomic E-state index is -0.342. The van der Waals surface area contributed by atoms with Gasteiger partial charge in [0.1, 0.15) is 5.82 Å². The predicted molar refractivity (Wildman–Crippen MR) is 119 cm³/mol. The van der Waals surface area contributed by atoms with Crippen LogP contribution in [0.15, 0.2) is 71.3 Å². The van der Waals surface area contributed by atoms with Crippen LogP contribution in [-0.2, 0) is 4.79 Å². The third-order valence-corrected chi connectivity index (χ3v) is 5.29. The molecule has 0 fully saturated rings. The number of nitrogens with zero attached hydrogens (tertiary/aromatic N) is 2. The summed E-state index contributed by atoms with van der Waals surface area (Å²) in [7, 11) is 0. The zero-order valence-corrected chi connectivity index (χ0v) is 16.9. The fourth-order valence-electron chi connectivity index (χ4n) is 3.94. The van der Waals surface area contributed by atoms with Gasteiger partial charge in [-0.2, -0.15) is 0 Å². The lowest BCUT2D eigenvalue weighted by molar-refractivity contribution is -0.116. The van der Waals surface area contributed by atoms with Gasteiger partial charge in [0, 0.05) is 23.7 Å². The summed E-state index contributed by atoms with van der Waals surface area (Å²) in [6, 6.07) is 19.1. The van der Waals surface area contributed by atoms with Gasteiger partial charge in [0.2, 0.25) is 5.91 Å². The molecule has 7 nitrogen and oxygen atoms in total. The van der Waals surface area contributed by atoms with Crippen molar-refractivity contribution in [3.63, 3.8) is 0 Å². The molecule has 0 aliphatic heterocycles. The molecule has 3 heterocycles. The molecule has 0 saturated heterocycles. The summed E-state index contributed by atoms with van der Waals surface area (Å²) in [5, 5.41) is 7.68. The van der Waals surface area contributed by atoms with Crippen LogP contribution in [0.25, 0.3) is 27.3 Å². The SMILES string of the molecule is Cc1nc2ccccc2c2c(NC(=O)CCNC(=O)c3ccco3)c3ccccc3n12. The maximum absolute atomic E-state index is 12.8. The van der Waals surface area contributed by atoms with E-state index < -0.39 is 0 Å². The molecule has 0 saturated carbocycles. The third kappa shape index (κ3) is 3.30. The monoisotopic (exact) mass is 412 g/mol. The van der Waals surface area contributed by atoms with Crippen molar-refractivity contribution in [2.45, 2.75) is 13.3 Å². The summed E-state index contributed by atoms with van der Waals surface area (Å²) in [6.07, 6.45) is 1.58. The lowest BCUT2D eigenvalue weighted by Crippen LogP contribution is -2.27. The number of aromatic nitrogens is 2. The van der Waals surface area contributed by atoms with E-state index in [0.29, 0.717) is 0 Å². The molecule has 0 aliphatic carbocycles. The average Bonchev–Trinajstić information content (AvgIpc) is 3.42. The molecule has 31 heavy (non-hydrogen) atoms. The highest BCUT2D eigenvalue weighted by Gasteiger charge is 2.18. The second-order valence-electron chi connectivity index (χ2n) is 7.28. The van der Waals surface area contributed by atoms with Gasteiger partial charge in [0.25, 0.3) is 5.91 Å². The topological polar surface area (TPSA) is 88.6 Å². The van der Waals surface area contributed by atoms with Crippen molar-refractivity contribution >= 4 is 44.8 Å². The molecular formula is C24H20N4O3. The smallest absolute Gasteiger partial charge is 0.286 e. The molecule has 0 unspecified atom stereocenters. The molecule has 0 radical (unpaired) electrons. The van der Waals surface area contributed by atoms with E-state index in [1.54, 1.807) is 12.1 Å². The highest BCUT2D eigenvalue weighted by Crippen LogP contribution is 2.36. The number of benzene rings is 2. The van der Waals surface area contributed by atoms with Crippen LogP contribution in [0.2, 0.25) is 0 Å². The predicted octanol–water partition coefficient (Wildman–Crippen LogP) is 4.30. The second kappa shape index (κ2) is 7.60. The summed E-state index contributed by atoms with van der Waals surface area (Å²) < 4.78 is 7.14. The third-order valence-electron chi connectivity index (χ3n) is 5.29.